The first-order valence-corrected chi connectivity index (χ1v) is 14.4. The number of aromatic amines is 1. The van der Waals surface area contributed by atoms with Crippen LogP contribution >= 0.6 is 8.53 Å². The summed E-state index contributed by atoms with van der Waals surface area (Å²) in [6.07, 6.45) is 3.04. The number of hydrogen-bond acceptors (Lipinski definition) is 10. The van der Waals surface area contributed by atoms with Gasteiger partial charge in [-0.2, -0.15) is 0 Å². The summed E-state index contributed by atoms with van der Waals surface area (Å²) in [4.78, 5) is 28.2. The van der Waals surface area contributed by atoms with Gasteiger partial charge < -0.3 is 18.8 Å². The number of rotatable bonds is 12. The van der Waals surface area contributed by atoms with Crippen molar-refractivity contribution < 1.29 is 13.8 Å². The van der Waals surface area contributed by atoms with E-state index in [0.29, 0.717) is 24.3 Å². The average molecular weight is 557 g/mol. The first kappa shape index (κ1) is 28.9. The highest BCUT2D eigenvalue weighted by Crippen LogP contribution is 2.50. The van der Waals surface area contributed by atoms with Gasteiger partial charge in [0.1, 0.15) is 6.23 Å². The Bertz CT molecular complexity index is 1320. The first-order valence-electron chi connectivity index (χ1n) is 13.3. The molecule has 0 bridgehead atoms. The Morgan fingerprint density at radius 1 is 1.21 bits per heavy atom. The number of nitrogens with zero attached hydrogens (tertiary/aromatic N) is 7. The van der Waals surface area contributed by atoms with Crippen LogP contribution in [-0.2, 0) is 13.8 Å². The van der Waals surface area contributed by atoms with E-state index in [1.165, 1.54) is 12.7 Å². The summed E-state index contributed by atoms with van der Waals surface area (Å²) in [7, 11) is -1.45. The van der Waals surface area contributed by atoms with E-state index in [1.807, 2.05) is 37.3 Å². The van der Waals surface area contributed by atoms with Crippen molar-refractivity contribution in [1.29, 1.82) is 0 Å². The number of H-pyrrole nitrogens is 1. The van der Waals surface area contributed by atoms with E-state index in [9.17, 15) is 4.79 Å². The van der Waals surface area contributed by atoms with Gasteiger partial charge in [-0.3, -0.25) is 14.4 Å². The zero-order valence-electron chi connectivity index (χ0n) is 23.3. The minimum Gasteiger partial charge on any atom is -0.425 e. The molecule has 3 aromatic rings. The second-order valence-corrected chi connectivity index (χ2v) is 11.0. The second-order valence-electron chi connectivity index (χ2n) is 9.65. The molecule has 1 unspecified atom stereocenters. The fraction of sp³-hybridized carbons (Fsp3) is 0.538. The van der Waals surface area contributed by atoms with E-state index in [4.69, 9.17) is 13.8 Å². The van der Waals surface area contributed by atoms with Gasteiger partial charge >= 0.3 is 8.53 Å². The predicted molar refractivity (Wildman–Crippen MR) is 152 cm³/mol. The Labute approximate surface area is 229 Å². The van der Waals surface area contributed by atoms with Crippen molar-refractivity contribution in [3.8, 4) is 0 Å². The van der Waals surface area contributed by atoms with Crippen molar-refractivity contribution >= 4 is 37.7 Å². The standard InChI is InChI=1S/C26H37N8O4P/c1-7-20-21(38-39(36-16-27-8-2)34(17(3)4)18(5)6)14-22(37-20)33-24-23(25(35)29-15-28-24)30-26(33)32-31-19-12-10-9-11-13-19/h9-13,15-18,20-22H,7-8,14H2,1-6H3,(H,28,29,35)/t20-,21-,22-,39?/m1/s1. The van der Waals surface area contributed by atoms with Gasteiger partial charge in [0.15, 0.2) is 17.6 Å². The molecule has 0 aliphatic carbocycles. The maximum absolute atomic E-state index is 12.6. The Morgan fingerprint density at radius 3 is 2.62 bits per heavy atom. The maximum atomic E-state index is 12.6. The van der Waals surface area contributed by atoms with Crippen LogP contribution < -0.4 is 5.56 Å². The SMILES string of the molecule is CCN=COP(O[C@@H]1C[C@H](n2c(N=Nc3ccccc3)nc3c(=O)[nH]cnc32)O[C@@H]1CC)N(C(C)C)C(C)C. The van der Waals surface area contributed by atoms with Gasteiger partial charge in [-0.05, 0) is 53.2 Å². The van der Waals surface area contributed by atoms with Crippen LogP contribution in [0.15, 0.2) is 56.7 Å². The van der Waals surface area contributed by atoms with Crippen molar-refractivity contribution in [2.24, 2.45) is 15.2 Å². The molecule has 1 aliphatic heterocycles. The number of fused-ring (bicyclic) bond motifs is 1. The van der Waals surface area contributed by atoms with E-state index in [0.717, 1.165) is 6.42 Å². The number of imidazole rings is 1. The molecule has 4 rings (SSSR count). The lowest BCUT2D eigenvalue weighted by Gasteiger charge is -2.36. The summed E-state index contributed by atoms with van der Waals surface area (Å²) in [6, 6.07) is 9.72. The summed E-state index contributed by atoms with van der Waals surface area (Å²) in [5, 5.41) is 8.70. The van der Waals surface area contributed by atoms with Crippen LogP contribution in [0.2, 0.25) is 0 Å². The average Bonchev–Trinajstić information content (AvgIpc) is 3.49. The van der Waals surface area contributed by atoms with Crippen LogP contribution in [0.5, 0.6) is 0 Å². The molecule has 1 aromatic carbocycles. The molecule has 12 nitrogen and oxygen atoms in total. The van der Waals surface area contributed by atoms with E-state index >= 15 is 0 Å². The van der Waals surface area contributed by atoms with Crippen LogP contribution in [0, 0.1) is 0 Å². The van der Waals surface area contributed by atoms with E-state index < -0.39 is 14.8 Å². The normalized spacial score (nSPS) is 20.9. The summed E-state index contributed by atoms with van der Waals surface area (Å²) in [5.41, 5.74) is 0.856. The van der Waals surface area contributed by atoms with Gasteiger partial charge in [-0.25, -0.2) is 14.6 Å². The minimum atomic E-state index is -1.45. The molecule has 1 aliphatic rings. The zero-order valence-corrected chi connectivity index (χ0v) is 24.2. The Hall–Kier alpha value is -3.05. The lowest BCUT2D eigenvalue weighted by Crippen LogP contribution is -2.35. The largest absolute Gasteiger partial charge is 0.425 e. The van der Waals surface area contributed by atoms with Gasteiger partial charge in [0.05, 0.1) is 24.2 Å². The van der Waals surface area contributed by atoms with Gasteiger partial charge in [0.25, 0.3) is 11.5 Å². The summed E-state index contributed by atoms with van der Waals surface area (Å²) in [6.45, 7) is 13.1. The fourth-order valence-electron chi connectivity index (χ4n) is 4.54. The highest BCUT2D eigenvalue weighted by atomic mass is 31.2. The van der Waals surface area contributed by atoms with Crippen LogP contribution in [0.25, 0.3) is 11.2 Å². The summed E-state index contributed by atoms with van der Waals surface area (Å²) >= 11 is 0. The third-order valence-corrected chi connectivity index (χ3v) is 8.24. The third-order valence-electron chi connectivity index (χ3n) is 6.21. The summed E-state index contributed by atoms with van der Waals surface area (Å²) < 4.78 is 23.1. The zero-order chi connectivity index (χ0) is 27.9. The lowest BCUT2D eigenvalue weighted by atomic mass is 10.1. The molecule has 0 spiro atoms. The molecular weight excluding hydrogens is 519 g/mol. The van der Waals surface area contributed by atoms with E-state index in [-0.39, 0.29) is 41.3 Å². The third kappa shape index (κ3) is 6.75. The monoisotopic (exact) mass is 556 g/mol. The van der Waals surface area contributed by atoms with E-state index in [1.54, 1.807) is 4.57 Å². The second kappa shape index (κ2) is 13.3. The molecular formula is C26H37N8O4P. The number of azo groups is 1. The number of ether oxygens (including phenoxy) is 1. The van der Waals surface area contributed by atoms with Crippen molar-refractivity contribution in [1.82, 2.24) is 24.2 Å². The van der Waals surface area contributed by atoms with Gasteiger partial charge in [0, 0.05) is 25.0 Å². The molecule has 39 heavy (non-hydrogen) atoms. The molecule has 1 fully saturated rings. The molecule has 210 valence electrons. The Balaban J connectivity index is 1.67. The Kier molecular flexibility index (Phi) is 9.90. The van der Waals surface area contributed by atoms with Gasteiger partial charge in [-0.1, -0.05) is 25.1 Å². The first-order chi connectivity index (χ1) is 18.8. The summed E-state index contributed by atoms with van der Waals surface area (Å²) in [5.74, 6) is 0.234. The van der Waals surface area contributed by atoms with Crippen molar-refractivity contribution in [3.63, 3.8) is 0 Å². The lowest BCUT2D eigenvalue weighted by molar-refractivity contribution is -0.0148. The molecule has 0 saturated carbocycles. The number of nitrogens with one attached hydrogen (secondary N) is 1. The highest BCUT2D eigenvalue weighted by molar-refractivity contribution is 7.45. The fourth-order valence-corrected chi connectivity index (χ4v) is 6.17. The van der Waals surface area contributed by atoms with Crippen molar-refractivity contribution in [3.05, 3.63) is 47.0 Å². The van der Waals surface area contributed by atoms with Crippen molar-refractivity contribution in [2.75, 3.05) is 6.54 Å². The molecule has 2 aromatic heterocycles. The number of hydrogen-bond donors (Lipinski definition) is 1. The molecule has 13 heteroatoms. The quantitative estimate of drug-likeness (QED) is 0.125. The minimum absolute atomic E-state index is 0.174. The predicted octanol–water partition coefficient (Wildman–Crippen LogP) is 6.03. The number of aromatic nitrogens is 4. The molecule has 1 N–H and O–H groups in total. The topological polar surface area (TPSA) is 132 Å². The molecule has 4 atom stereocenters. The number of benzene rings is 1. The van der Waals surface area contributed by atoms with Gasteiger partial charge in [0.2, 0.25) is 0 Å². The van der Waals surface area contributed by atoms with E-state index in [2.05, 4.69) is 69.5 Å². The Morgan fingerprint density at radius 2 is 1.95 bits per heavy atom. The van der Waals surface area contributed by atoms with Crippen molar-refractivity contribution in [2.45, 2.75) is 84.9 Å². The highest BCUT2D eigenvalue weighted by Gasteiger charge is 2.42. The molecule has 1 saturated heterocycles. The van der Waals surface area contributed by atoms with Crippen LogP contribution in [0.1, 0.15) is 60.6 Å². The number of aliphatic imine (C=N–C) groups is 1. The van der Waals surface area contributed by atoms with Crippen LogP contribution in [0.3, 0.4) is 0 Å². The smallest absolute Gasteiger partial charge is 0.322 e. The van der Waals surface area contributed by atoms with Crippen LogP contribution in [-0.4, -0.2) is 61.4 Å². The molecule has 0 radical (unpaired) electrons. The molecule has 0 amide bonds. The maximum Gasteiger partial charge on any atom is 0.322 e. The van der Waals surface area contributed by atoms with Crippen LogP contribution in [0.4, 0.5) is 11.6 Å². The van der Waals surface area contributed by atoms with Gasteiger partial charge in [-0.15, -0.1) is 10.2 Å². The molecule has 3 heterocycles.